The van der Waals surface area contributed by atoms with Crippen LogP contribution in [0.5, 0.6) is 11.5 Å². The molecule has 0 saturated heterocycles. The van der Waals surface area contributed by atoms with Crippen molar-refractivity contribution in [2.75, 3.05) is 7.11 Å². The molecule has 3 heteroatoms. The largest absolute Gasteiger partial charge is 0.493 e. The Kier molecular flexibility index (Phi) is 4.41. The fourth-order valence-corrected chi connectivity index (χ4v) is 1.97. The molecule has 0 heterocycles. The Morgan fingerprint density at radius 1 is 1.05 bits per heavy atom. The van der Waals surface area contributed by atoms with Gasteiger partial charge in [0.1, 0.15) is 6.10 Å². The highest BCUT2D eigenvalue weighted by atomic mass is 16.5. The van der Waals surface area contributed by atoms with Crippen LogP contribution in [0.1, 0.15) is 35.9 Å². The van der Waals surface area contributed by atoms with E-state index < -0.39 is 0 Å². The summed E-state index contributed by atoms with van der Waals surface area (Å²) in [5.41, 5.74) is 1.70. The molecular formula is C17H18O3. The van der Waals surface area contributed by atoms with Gasteiger partial charge in [0.15, 0.2) is 17.3 Å². The van der Waals surface area contributed by atoms with Gasteiger partial charge in [-0.25, -0.2) is 0 Å². The molecule has 20 heavy (non-hydrogen) atoms. The van der Waals surface area contributed by atoms with Gasteiger partial charge in [0.25, 0.3) is 0 Å². The van der Waals surface area contributed by atoms with Crippen LogP contribution < -0.4 is 9.47 Å². The highest BCUT2D eigenvalue weighted by Crippen LogP contribution is 2.32. The van der Waals surface area contributed by atoms with Gasteiger partial charge in [-0.3, -0.25) is 4.79 Å². The molecule has 1 atom stereocenters. The first-order chi connectivity index (χ1) is 9.61. The first-order valence-corrected chi connectivity index (χ1v) is 6.52. The lowest BCUT2D eigenvalue weighted by Gasteiger charge is -2.17. The van der Waals surface area contributed by atoms with Crippen molar-refractivity contribution in [2.45, 2.75) is 20.0 Å². The van der Waals surface area contributed by atoms with Crippen LogP contribution in [0.15, 0.2) is 48.5 Å². The number of hydrogen-bond donors (Lipinski definition) is 0. The van der Waals surface area contributed by atoms with E-state index in [9.17, 15) is 4.79 Å². The number of ether oxygens (including phenoxy) is 2. The topological polar surface area (TPSA) is 35.5 Å². The number of ketones is 1. The molecule has 0 aliphatic carbocycles. The quantitative estimate of drug-likeness (QED) is 0.769. The monoisotopic (exact) mass is 270 g/mol. The van der Waals surface area contributed by atoms with E-state index in [4.69, 9.17) is 9.47 Å². The van der Waals surface area contributed by atoms with E-state index in [1.165, 1.54) is 6.92 Å². The molecule has 0 N–H and O–H groups in total. The third-order valence-corrected chi connectivity index (χ3v) is 3.14. The minimum absolute atomic E-state index is 0.00552. The minimum Gasteiger partial charge on any atom is -0.493 e. The smallest absolute Gasteiger partial charge is 0.162 e. The van der Waals surface area contributed by atoms with Crippen molar-refractivity contribution in [3.63, 3.8) is 0 Å². The zero-order chi connectivity index (χ0) is 14.5. The molecule has 0 aliphatic rings. The second-order valence-corrected chi connectivity index (χ2v) is 4.59. The van der Waals surface area contributed by atoms with Gasteiger partial charge >= 0.3 is 0 Å². The van der Waals surface area contributed by atoms with Crippen LogP contribution in [-0.2, 0) is 0 Å². The summed E-state index contributed by atoms with van der Waals surface area (Å²) >= 11 is 0. The second kappa shape index (κ2) is 6.24. The van der Waals surface area contributed by atoms with Gasteiger partial charge in [-0.1, -0.05) is 30.3 Å². The third-order valence-electron chi connectivity index (χ3n) is 3.14. The number of benzene rings is 2. The molecule has 2 aromatic carbocycles. The fourth-order valence-electron chi connectivity index (χ4n) is 1.97. The zero-order valence-electron chi connectivity index (χ0n) is 11.9. The predicted molar refractivity (Wildman–Crippen MR) is 78.5 cm³/mol. The van der Waals surface area contributed by atoms with Crippen molar-refractivity contribution >= 4 is 5.78 Å². The molecule has 0 spiro atoms. The van der Waals surface area contributed by atoms with Gasteiger partial charge < -0.3 is 9.47 Å². The average molecular weight is 270 g/mol. The summed E-state index contributed by atoms with van der Waals surface area (Å²) in [5.74, 6) is 1.21. The maximum Gasteiger partial charge on any atom is 0.162 e. The molecule has 0 bridgehead atoms. The van der Waals surface area contributed by atoms with Crippen LogP contribution in [0, 0.1) is 0 Å². The average Bonchev–Trinajstić information content (AvgIpc) is 2.48. The first-order valence-electron chi connectivity index (χ1n) is 6.52. The van der Waals surface area contributed by atoms with Crippen LogP contribution in [-0.4, -0.2) is 12.9 Å². The number of Topliss-reactive ketones (excluding diaryl/α,β-unsaturated/α-hetero) is 1. The van der Waals surface area contributed by atoms with E-state index >= 15 is 0 Å². The van der Waals surface area contributed by atoms with Gasteiger partial charge in [-0.05, 0) is 37.6 Å². The lowest BCUT2D eigenvalue weighted by molar-refractivity contribution is 0.101. The van der Waals surface area contributed by atoms with Crippen molar-refractivity contribution in [2.24, 2.45) is 0 Å². The molecule has 0 aliphatic heterocycles. The number of methoxy groups -OCH3 is 1. The molecule has 0 saturated carbocycles. The molecule has 2 aromatic rings. The first kappa shape index (κ1) is 14.1. The molecule has 104 valence electrons. The molecule has 3 nitrogen and oxygen atoms in total. The van der Waals surface area contributed by atoms with Crippen LogP contribution >= 0.6 is 0 Å². The van der Waals surface area contributed by atoms with Crippen molar-refractivity contribution < 1.29 is 14.3 Å². The molecule has 1 unspecified atom stereocenters. The summed E-state index contributed by atoms with van der Waals surface area (Å²) in [6.07, 6.45) is -0.0896. The van der Waals surface area contributed by atoms with Crippen LogP contribution in [0.2, 0.25) is 0 Å². The Balaban J connectivity index is 2.23. The normalized spacial score (nSPS) is 11.8. The van der Waals surface area contributed by atoms with Gasteiger partial charge in [-0.2, -0.15) is 0 Å². The maximum absolute atomic E-state index is 11.4. The highest BCUT2D eigenvalue weighted by Gasteiger charge is 2.12. The number of rotatable bonds is 5. The number of hydrogen-bond acceptors (Lipinski definition) is 3. The van der Waals surface area contributed by atoms with Crippen molar-refractivity contribution in [3.05, 3.63) is 59.7 Å². The highest BCUT2D eigenvalue weighted by molar-refractivity contribution is 5.94. The van der Waals surface area contributed by atoms with Crippen molar-refractivity contribution in [1.82, 2.24) is 0 Å². The van der Waals surface area contributed by atoms with E-state index in [0.29, 0.717) is 17.1 Å². The molecule has 0 aromatic heterocycles. The minimum atomic E-state index is -0.0896. The molecule has 0 amide bonds. The van der Waals surface area contributed by atoms with E-state index in [-0.39, 0.29) is 11.9 Å². The number of carbonyl (C=O) groups is 1. The Morgan fingerprint density at radius 3 is 2.35 bits per heavy atom. The molecular weight excluding hydrogens is 252 g/mol. The van der Waals surface area contributed by atoms with E-state index in [1.54, 1.807) is 25.3 Å². The summed E-state index contributed by atoms with van der Waals surface area (Å²) in [5, 5.41) is 0. The lowest BCUT2D eigenvalue weighted by Crippen LogP contribution is -2.04. The molecule has 2 rings (SSSR count). The van der Waals surface area contributed by atoms with E-state index in [1.807, 2.05) is 37.3 Å². The van der Waals surface area contributed by atoms with E-state index in [0.717, 1.165) is 5.56 Å². The fraction of sp³-hybridized carbons (Fsp3) is 0.235. The third kappa shape index (κ3) is 3.18. The predicted octanol–water partition coefficient (Wildman–Crippen LogP) is 4.04. The number of carbonyl (C=O) groups excluding carboxylic acids is 1. The van der Waals surface area contributed by atoms with E-state index in [2.05, 4.69) is 0 Å². The van der Waals surface area contributed by atoms with Gasteiger partial charge in [-0.15, -0.1) is 0 Å². The SMILES string of the molecule is COc1cc(C(C)=O)ccc1OC(C)c1ccccc1. The molecule has 0 fully saturated rings. The molecule has 0 radical (unpaired) electrons. The van der Waals surface area contributed by atoms with Crippen LogP contribution in [0.3, 0.4) is 0 Å². The van der Waals surface area contributed by atoms with Crippen molar-refractivity contribution in [3.8, 4) is 11.5 Å². The van der Waals surface area contributed by atoms with Gasteiger partial charge in [0.05, 0.1) is 7.11 Å². The standard InChI is InChI=1S/C17H18O3/c1-12(18)15-9-10-16(17(11-15)19-3)20-13(2)14-7-5-4-6-8-14/h4-11,13H,1-3H3. The van der Waals surface area contributed by atoms with Crippen LogP contribution in [0.25, 0.3) is 0 Å². The van der Waals surface area contributed by atoms with Gasteiger partial charge in [0.2, 0.25) is 0 Å². The summed E-state index contributed by atoms with van der Waals surface area (Å²) in [6.45, 7) is 3.51. The van der Waals surface area contributed by atoms with Crippen molar-refractivity contribution in [1.29, 1.82) is 0 Å². The Labute approximate surface area is 119 Å². The summed E-state index contributed by atoms with van der Waals surface area (Å²) < 4.78 is 11.2. The lowest BCUT2D eigenvalue weighted by atomic mass is 10.1. The second-order valence-electron chi connectivity index (χ2n) is 4.59. The Bertz CT molecular complexity index is 590. The zero-order valence-corrected chi connectivity index (χ0v) is 11.9. The Morgan fingerprint density at radius 2 is 1.75 bits per heavy atom. The summed E-state index contributed by atoms with van der Waals surface area (Å²) in [6, 6.07) is 15.2. The van der Waals surface area contributed by atoms with Gasteiger partial charge in [0, 0.05) is 5.56 Å². The summed E-state index contributed by atoms with van der Waals surface area (Å²) in [4.78, 5) is 11.4. The maximum atomic E-state index is 11.4. The summed E-state index contributed by atoms with van der Waals surface area (Å²) in [7, 11) is 1.57. The van der Waals surface area contributed by atoms with Crippen LogP contribution in [0.4, 0.5) is 0 Å². The Hall–Kier alpha value is -2.29.